The van der Waals surface area contributed by atoms with Gasteiger partial charge in [-0.1, -0.05) is 0 Å². The first-order valence-corrected chi connectivity index (χ1v) is 11.8. The molecule has 3 fully saturated rings. The van der Waals surface area contributed by atoms with E-state index in [0.29, 0.717) is 44.1 Å². The molecule has 4 aliphatic heterocycles. The molecule has 0 radical (unpaired) electrons. The second kappa shape index (κ2) is 9.13. The molecular weight excluding hydrogens is 426 g/mol. The van der Waals surface area contributed by atoms with Crippen molar-refractivity contribution < 1.29 is 28.7 Å². The Morgan fingerprint density at radius 2 is 2.03 bits per heavy atom. The maximum atomic E-state index is 12.9. The van der Waals surface area contributed by atoms with Crippen LogP contribution < -0.4 is 10.1 Å². The summed E-state index contributed by atoms with van der Waals surface area (Å²) in [5.74, 6) is -0.150. The van der Waals surface area contributed by atoms with E-state index in [2.05, 4.69) is 5.32 Å². The number of benzene rings is 1. The van der Waals surface area contributed by atoms with Crippen LogP contribution in [0.5, 0.6) is 5.75 Å². The Morgan fingerprint density at radius 3 is 2.82 bits per heavy atom. The highest BCUT2D eigenvalue weighted by atomic mass is 16.5. The number of amides is 4. The third kappa shape index (κ3) is 4.34. The molecule has 1 unspecified atom stereocenters. The van der Waals surface area contributed by atoms with E-state index in [4.69, 9.17) is 9.47 Å². The summed E-state index contributed by atoms with van der Waals surface area (Å²) in [5, 5.41) is 2.32. The van der Waals surface area contributed by atoms with Crippen molar-refractivity contribution in [3.8, 4) is 5.75 Å². The zero-order valence-electron chi connectivity index (χ0n) is 18.6. The predicted octanol–water partition coefficient (Wildman–Crippen LogP) is 1.24. The average molecular weight is 456 g/mol. The van der Waals surface area contributed by atoms with Crippen molar-refractivity contribution >= 4 is 23.6 Å². The van der Waals surface area contributed by atoms with Crippen LogP contribution in [0.15, 0.2) is 18.2 Å². The highest BCUT2D eigenvalue weighted by Gasteiger charge is 2.39. The Hall–Kier alpha value is -2.94. The first-order chi connectivity index (χ1) is 16.0. The standard InChI is InChI=1S/C24H29N3O6/c28-21-7-6-20(22(29)25-21)27-12-16-11-18(4-5-19(16)24(27)31)33-14-17-3-1-2-9-26(17)23(30)15-8-10-32-13-15/h4-5,11,15,17,20H,1-3,6-10,12-14H2,(H,25,28,29)/t15-,17+,20?/m0/s1. The quantitative estimate of drug-likeness (QED) is 0.670. The molecule has 0 saturated carbocycles. The molecule has 0 aliphatic carbocycles. The molecular formula is C24H29N3O6. The van der Waals surface area contributed by atoms with Gasteiger partial charge in [0.2, 0.25) is 17.7 Å². The molecule has 5 rings (SSSR count). The van der Waals surface area contributed by atoms with E-state index >= 15 is 0 Å². The van der Waals surface area contributed by atoms with Crippen molar-refractivity contribution in [2.24, 2.45) is 5.92 Å². The predicted molar refractivity (Wildman–Crippen MR) is 116 cm³/mol. The van der Waals surface area contributed by atoms with E-state index in [1.54, 1.807) is 12.1 Å². The van der Waals surface area contributed by atoms with Crippen molar-refractivity contribution in [3.63, 3.8) is 0 Å². The first-order valence-electron chi connectivity index (χ1n) is 11.8. The Kier molecular flexibility index (Phi) is 6.05. The van der Waals surface area contributed by atoms with Crippen LogP contribution in [0.3, 0.4) is 0 Å². The van der Waals surface area contributed by atoms with Gasteiger partial charge in [0.15, 0.2) is 0 Å². The molecule has 3 saturated heterocycles. The Morgan fingerprint density at radius 1 is 1.15 bits per heavy atom. The summed E-state index contributed by atoms with van der Waals surface area (Å²) in [6.45, 7) is 2.62. The fraction of sp³-hybridized carbons (Fsp3) is 0.583. The molecule has 0 bridgehead atoms. The lowest BCUT2D eigenvalue weighted by Crippen LogP contribution is -2.52. The third-order valence-corrected chi connectivity index (χ3v) is 7.13. The lowest BCUT2D eigenvalue weighted by atomic mass is 9.99. The largest absolute Gasteiger partial charge is 0.491 e. The van der Waals surface area contributed by atoms with Gasteiger partial charge in [-0.15, -0.1) is 0 Å². The lowest BCUT2D eigenvalue weighted by Gasteiger charge is -2.37. The average Bonchev–Trinajstić information content (AvgIpc) is 3.46. The molecule has 4 amide bonds. The second-order valence-electron chi connectivity index (χ2n) is 9.27. The third-order valence-electron chi connectivity index (χ3n) is 7.13. The normalized spacial score (nSPS) is 27.5. The highest BCUT2D eigenvalue weighted by molar-refractivity contribution is 6.05. The topological polar surface area (TPSA) is 105 Å². The number of carbonyl (C=O) groups excluding carboxylic acids is 4. The number of hydrogen-bond donors (Lipinski definition) is 1. The zero-order chi connectivity index (χ0) is 22.9. The van der Waals surface area contributed by atoms with Gasteiger partial charge in [0.05, 0.1) is 18.6 Å². The maximum Gasteiger partial charge on any atom is 0.255 e. The van der Waals surface area contributed by atoms with Crippen molar-refractivity contribution in [1.82, 2.24) is 15.1 Å². The van der Waals surface area contributed by atoms with Crippen LogP contribution in [-0.2, 0) is 25.7 Å². The fourth-order valence-corrected chi connectivity index (χ4v) is 5.26. The molecule has 4 aliphatic rings. The van der Waals surface area contributed by atoms with Crippen LogP contribution in [0, 0.1) is 5.92 Å². The number of piperidine rings is 2. The van der Waals surface area contributed by atoms with E-state index in [9.17, 15) is 19.2 Å². The summed E-state index contributed by atoms with van der Waals surface area (Å²) in [5.41, 5.74) is 1.37. The molecule has 3 atom stereocenters. The van der Waals surface area contributed by atoms with Gasteiger partial charge >= 0.3 is 0 Å². The minimum absolute atomic E-state index is 0.0294. The minimum atomic E-state index is -0.631. The smallest absolute Gasteiger partial charge is 0.255 e. The molecule has 9 heteroatoms. The monoisotopic (exact) mass is 455 g/mol. The number of likely N-dealkylation sites (tertiary alicyclic amines) is 1. The summed E-state index contributed by atoms with van der Waals surface area (Å²) in [6.07, 6.45) is 4.34. The summed E-state index contributed by atoms with van der Waals surface area (Å²) in [4.78, 5) is 52.9. The van der Waals surface area contributed by atoms with E-state index in [1.807, 2.05) is 11.0 Å². The Bertz CT molecular complexity index is 973. The van der Waals surface area contributed by atoms with Crippen molar-refractivity contribution in [3.05, 3.63) is 29.3 Å². The second-order valence-corrected chi connectivity index (χ2v) is 9.27. The number of hydrogen-bond acceptors (Lipinski definition) is 6. The summed E-state index contributed by atoms with van der Waals surface area (Å²) >= 11 is 0. The number of ether oxygens (including phenoxy) is 2. The van der Waals surface area contributed by atoms with Gasteiger partial charge in [0.25, 0.3) is 5.91 Å². The van der Waals surface area contributed by atoms with Crippen LogP contribution in [0.2, 0.25) is 0 Å². The summed E-state index contributed by atoms with van der Waals surface area (Å²) < 4.78 is 11.5. The van der Waals surface area contributed by atoms with Crippen molar-refractivity contribution in [2.75, 3.05) is 26.4 Å². The van der Waals surface area contributed by atoms with Crippen molar-refractivity contribution in [1.29, 1.82) is 0 Å². The van der Waals surface area contributed by atoms with Gasteiger partial charge in [0, 0.05) is 31.7 Å². The van der Waals surface area contributed by atoms with E-state index in [-0.39, 0.29) is 36.1 Å². The first kappa shape index (κ1) is 21.9. The van der Waals surface area contributed by atoms with Gasteiger partial charge in [0.1, 0.15) is 18.4 Å². The van der Waals surface area contributed by atoms with E-state index < -0.39 is 11.9 Å². The molecule has 1 aromatic rings. The van der Waals surface area contributed by atoms with Gasteiger partial charge in [-0.05, 0) is 55.9 Å². The van der Waals surface area contributed by atoms with Gasteiger partial charge in [-0.25, -0.2) is 0 Å². The number of carbonyl (C=O) groups is 4. The Labute approximate surface area is 192 Å². The molecule has 33 heavy (non-hydrogen) atoms. The number of fused-ring (bicyclic) bond motifs is 1. The van der Waals surface area contributed by atoms with Gasteiger partial charge in [-0.2, -0.15) is 0 Å². The minimum Gasteiger partial charge on any atom is -0.491 e. The number of nitrogens with zero attached hydrogens (tertiary/aromatic N) is 2. The van der Waals surface area contributed by atoms with E-state index in [0.717, 1.165) is 37.8 Å². The van der Waals surface area contributed by atoms with Crippen LogP contribution in [0.25, 0.3) is 0 Å². The van der Waals surface area contributed by atoms with Gasteiger partial charge in [-0.3, -0.25) is 24.5 Å². The van der Waals surface area contributed by atoms with Crippen LogP contribution >= 0.6 is 0 Å². The molecule has 1 N–H and O–H groups in total. The molecule has 0 aromatic heterocycles. The summed E-state index contributed by atoms with van der Waals surface area (Å²) in [6, 6.07) is 4.75. The van der Waals surface area contributed by atoms with Gasteiger partial charge < -0.3 is 19.3 Å². The maximum absolute atomic E-state index is 12.9. The Balaban J connectivity index is 1.23. The van der Waals surface area contributed by atoms with Crippen LogP contribution in [-0.4, -0.2) is 71.9 Å². The summed E-state index contributed by atoms with van der Waals surface area (Å²) in [7, 11) is 0. The zero-order valence-corrected chi connectivity index (χ0v) is 18.6. The lowest BCUT2D eigenvalue weighted by molar-refractivity contribution is -0.140. The number of nitrogens with one attached hydrogen (secondary N) is 1. The molecule has 1 aromatic carbocycles. The molecule has 9 nitrogen and oxygen atoms in total. The fourth-order valence-electron chi connectivity index (χ4n) is 5.26. The molecule has 0 spiro atoms. The van der Waals surface area contributed by atoms with Crippen molar-refractivity contribution in [2.45, 2.75) is 57.2 Å². The molecule has 176 valence electrons. The SMILES string of the molecule is O=C1CCC(N2Cc3cc(OC[C@H]4CCCCN4C(=O)[C@H]4CCOC4)ccc3C2=O)C(=O)N1. The number of rotatable bonds is 5. The number of imide groups is 1. The van der Waals surface area contributed by atoms with Crippen LogP contribution in [0.4, 0.5) is 0 Å². The molecule has 4 heterocycles. The van der Waals surface area contributed by atoms with E-state index in [1.165, 1.54) is 4.90 Å². The highest BCUT2D eigenvalue weighted by Crippen LogP contribution is 2.31. The van der Waals surface area contributed by atoms with Crippen LogP contribution in [0.1, 0.15) is 54.4 Å².